The van der Waals surface area contributed by atoms with Crippen LogP contribution in [-0.4, -0.2) is 34.5 Å². The third-order valence-corrected chi connectivity index (χ3v) is 4.35. The summed E-state index contributed by atoms with van der Waals surface area (Å²) < 4.78 is 11.0. The van der Waals surface area contributed by atoms with Gasteiger partial charge in [0.05, 0.1) is 5.39 Å². The topological polar surface area (TPSA) is 80.4 Å². The van der Waals surface area contributed by atoms with Gasteiger partial charge in [0.2, 0.25) is 0 Å². The van der Waals surface area contributed by atoms with Gasteiger partial charge in [0.1, 0.15) is 24.2 Å². The molecule has 0 saturated heterocycles. The molecule has 1 unspecified atom stereocenters. The number of benzene rings is 2. The van der Waals surface area contributed by atoms with Crippen LogP contribution in [0.25, 0.3) is 22.4 Å². The van der Waals surface area contributed by atoms with Crippen LogP contribution in [0.4, 0.5) is 0 Å². The first-order valence-electron chi connectivity index (χ1n) is 9.16. The van der Waals surface area contributed by atoms with Gasteiger partial charge in [0.25, 0.3) is 5.71 Å². The first kappa shape index (κ1) is 18.2. The van der Waals surface area contributed by atoms with Crippen molar-refractivity contribution in [3.8, 4) is 17.0 Å². The van der Waals surface area contributed by atoms with Gasteiger partial charge in [-0.3, -0.25) is 0 Å². The number of nitrogens with zero attached hydrogens (tertiary/aromatic N) is 2. The molecule has 2 heterocycles. The van der Waals surface area contributed by atoms with Gasteiger partial charge in [-0.2, -0.15) is 0 Å². The second-order valence-corrected chi connectivity index (χ2v) is 6.50. The Morgan fingerprint density at radius 1 is 1.04 bits per heavy atom. The Labute approximate surface area is 162 Å². The molecule has 0 radical (unpaired) electrons. The van der Waals surface area contributed by atoms with Crippen molar-refractivity contribution in [1.82, 2.24) is 15.5 Å². The minimum atomic E-state index is -0.607. The standard InChI is InChI=1S/C22H21N3O3/c26-18(14-23-13-16-6-2-1-3-7-16)15-27-19-9-4-8-17(12-19)21-20-10-5-11-24-22(20)28-25-21/h1-12,18,23,26H,13-15H2. The lowest BCUT2D eigenvalue weighted by atomic mass is 10.1. The Morgan fingerprint density at radius 3 is 2.82 bits per heavy atom. The van der Waals surface area contributed by atoms with Gasteiger partial charge in [-0.25, -0.2) is 4.98 Å². The predicted octanol–water partition coefficient (Wildman–Crippen LogP) is 3.42. The first-order chi connectivity index (χ1) is 13.8. The number of fused-ring (bicyclic) bond motifs is 1. The van der Waals surface area contributed by atoms with Gasteiger partial charge < -0.3 is 19.7 Å². The zero-order valence-corrected chi connectivity index (χ0v) is 15.3. The molecule has 2 N–H and O–H groups in total. The van der Waals surface area contributed by atoms with E-state index in [-0.39, 0.29) is 6.61 Å². The number of hydrogen-bond acceptors (Lipinski definition) is 6. The van der Waals surface area contributed by atoms with Crippen LogP contribution >= 0.6 is 0 Å². The zero-order valence-electron chi connectivity index (χ0n) is 15.3. The number of hydrogen-bond donors (Lipinski definition) is 2. The molecule has 0 aliphatic rings. The van der Waals surface area contributed by atoms with Crippen LogP contribution in [0.3, 0.4) is 0 Å². The molecule has 0 aliphatic heterocycles. The number of aliphatic hydroxyl groups excluding tert-OH is 1. The van der Waals surface area contributed by atoms with E-state index in [4.69, 9.17) is 9.26 Å². The molecule has 0 fully saturated rings. The highest BCUT2D eigenvalue weighted by Gasteiger charge is 2.12. The summed E-state index contributed by atoms with van der Waals surface area (Å²) in [5.74, 6) is 0.666. The number of aromatic nitrogens is 2. The van der Waals surface area contributed by atoms with Crippen molar-refractivity contribution in [2.75, 3.05) is 13.2 Å². The zero-order chi connectivity index (χ0) is 19.2. The van der Waals surface area contributed by atoms with E-state index in [0.29, 0.717) is 24.6 Å². The average Bonchev–Trinajstić information content (AvgIpc) is 3.17. The highest BCUT2D eigenvalue weighted by Crippen LogP contribution is 2.28. The Bertz CT molecular complexity index is 1030. The molecule has 0 aliphatic carbocycles. The van der Waals surface area contributed by atoms with Gasteiger partial charge in [-0.05, 0) is 29.8 Å². The van der Waals surface area contributed by atoms with Gasteiger partial charge in [-0.15, -0.1) is 0 Å². The molecular formula is C22H21N3O3. The lowest BCUT2D eigenvalue weighted by Gasteiger charge is -2.14. The predicted molar refractivity (Wildman–Crippen MR) is 107 cm³/mol. The van der Waals surface area contributed by atoms with Gasteiger partial charge >= 0.3 is 0 Å². The van der Waals surface area contributed by atoms with Crippen LogP contribution in [-0.2, 0) is 6.54 Å². The molecule has 1 atom stereocenters. The van der Waals surface area contributed by atoms with E-state index >= 15 is 0 Å². The lowest BCUT2D eigenvalue weighted by molar-refractivity contribution is 0.106. The molecule has 4 rings (SSSR count). The maximum atomic E-state index is 10.2. The van der Waals surface area contributed by atoms with Gasteiger partial charge in [0, 0.05) is 24.8 Å². The Kier molecular flexibility index (Phi) is 5.61. The van der Waals surface area contributed by atoms with E-state index in [1.807, 2.05) is 66.7 Å². The Morgan fingerprint density at radius 2 is 1.93 bits per heavy atom. The Hall–Kier alpha value is -3.22. The highest BCUT2D eigenvalue weighted by atomic mass is 16.5. The largest absolute Gasteiger partial charge is 0.491 e. The average molecular weight is 375 g/mol. The van der Waals surface area contributed by atoms with Crippen molar-refractivity contribution in [2.45, 2.75) is 12.6 Å². The first-order valence-corrected chi connectivity index (χ1v) is 9.16. The number of ether oxygens (including phenoxy) is 1. The van der Waals surface area contributed by atoms with Crippen molar-refractivity contribution >= 4 is 11.1 Å². The molecule has 2 aromatic carbocycles. The van der Waals surface area contributed by atoms with E-state index in [9.17, 15) is 5.11 Å². The third-order valence-electron chi connectivity index (χ3n) is 4.35. The van der Waals surface area contributed by atoms with E-state index in [1.54, 1.807) is 6.20 Å². The SMILES string of the molecule is OC(CNCc1ccccc1)COc1cccc(-c2noc3ncccc23)c1. The number of nitrogens with one attached hydrogen (secondary N) is 1. The molecule has 142 valence electrons. The smallest absolute Gasteiger partial charge is 0.258 e. The molecule has 0 amide bonds. The van der Waals surface area contributed by atoms with E-state index < -0.39 is 6.10 Å². The lowest BCUT2D eigenvalue weighted by Crippen LogP contribution is -2.31. The van der Waals surface area contributed by atoms with Crippen LogP contribution in [0.2, 0.25) is 0 Å². The second-order valence-electron chi connectivity index (χ2n) is 6.50. The molecule has 2 aromatic heterocycles. The highest BCUT2D eigenvalue weighted by molar-refractivity contribution is 5.89. The summed E-state index contributed by atoms with van der Waals surface area (Å²) in [6, 6.07) is 21.4. The van der Waals surface area contributed by atoms with Crippen LogP contribution in [0.5, 0.6) is 5.75 Å². The minimum Gasteiger partial charge on any atom is -0.491 e. The van der Waals surface area contributed by atoms with Crippen molar-refractivity contribution in [3.05, 3.63) is 78.5 Å². The summed E-state index contributed by atoms with van der Waals surface area (Å²) in [7, 11) is 0. The molecule has 0 saturated carbocycles. The van der Waals surface area contributed by atoms with E-state index in [2.05, 4.69) is 15.5 Å². The van der Waals surface area contributed by atoms with Crippen LogP contribution < -0.4 is 10.1 Å². The summed E-state index contributed by atoms with van der Waals surface area (Å²) in [6.07, 6.45) is 1.06. The maximum Gasteiger partial charge on any atom is 0.258 e. The van der Waals surface area contributed by atoms with E-state index in [1.165, 1.54) is 5.56 Å². The molecule has 28 heavy (non-hydrogen) atoms. The van der Waals surface area contributed by atoms with E-state index in [0.717, 1.165) is 16.6 Å². The molecular weight excluding hydrogens is 354 g/mol. The summed E-state index contributed by atoms with van der Waals surface area (Å²) in [5.41, 5.74) is 3.28. The molecule has 4 aromatic rings. The fourth-order valence-corrected chi connectivity index (χ4v) is 2.95. The summed E-state index contributed by atoms with van der Waals surface area (Å²) >= 11 is 0. The summed E-state index contributed by atoms with van der Waals surface area (Å²) in [6.45, 7) is 1.36. The molecule has 0 spiro atoms. The second kappa shape index (κ2) is 8.65. The molecule has 6 nitrogen and oxygen atoms in total. The van der Waals surface area contributed by atoms with Crippen molar-refractivity contribution < 1.29 is 14.4 Å². The normalized spacial score (nSPS) is 12.2. The Balaban J connectivity index is 1.33. The summed E-state index contributed by atoms with van der Waals surface area (Å²) in [5, 5.41) is 18.4. The molecule has 6 heteroatoms. The monoisotopic (exact) mass is 375 g/mol. The fraction of sp³-hybridized carbons (Fsp3) is 0.182. The van der Waals surface area contributed by atoms with Crippen LogP contribution in [0.15, 0.2) is 77.4 Å². The quantitative estimate of drug-likeness (QED) is 0.491. The van der Waals surface area contributed by atoms with Crippen molar-refractivity contribution in [2.24, 2.45) is 0 Å². The van der Waals surface area contributed by atoms with Crippen molar-refractivity contribution in [1.29, 1.82) is 0 Å². The minimum absolute atomic E-state index is 0.201. The number of rotatable bonds is 8. The number of aliphatic hydroxyl groups is 1. The van der Waals surface area contributed by atoms with Crippen LogP contribution in [0.1, 0.15) is 5.56 Å². The third kappa shape index (κ3) is 4.36. The van der Waals surface area contributed by atoms with Crippen molar-refractivity contribution in [3.63, 3.8) is 0 Å². The fourth-order valence-electron chi connectivity index (χ4n) is 2.95. The van der Waals surface area contributed by atoms with Gasteiger partial charge in [-0.1, -0.05) is 47.6 Å². The summed E-state index contributed by atoms with van der Waals surface area (Å²) in [4.78, 5) is 4.16. The van der Waals surface area contributed by atoms with Gasteiger partial charge in [0.15, 0.2) is 0 Å². The number of pyridine rings is 1. The maximum absolute atomic E-state index is 10.2. The van der Waals surface area contributed by atoms with Crippen LogP contribution in [0, 0.1) is 0 Å². The molecule has 0 bridgehead atoms.